The number of halogens is 1. The highest BCUT2D eigenvalue weighted by molar-refractivity contribution is 7.89. The first-order chi connectivity index (χ1) is 12.9. The van der Waals surface area contributed by atoms with Crippen molar-refractivity contribution in [3.63, 3.8) is 0 Å². The standard InChI is InChI=1S/C18H14ClN3O4S/c19-14-5-3-13(4-6-14)17-20-22(18(24)21(17)15-7-8-15)27(25,26)16-9-1-12(11-23)2-10-16/h1-6,9-11,15H,7-8H2. The van der Waals surface area contributed by atoms with Gasteiger partial charge in [0.25, 0.3) is 10.0 Å². The van der Waals surface area contributed by atoms with Crippen molar-refractivity contribution in [1.29, 1.82) is 0 Å². The fourth-order valence-electron chi connectivity index (χ4n) is 2.79. The Morgan fingerprint density at radius 1 is 1.04 bits per heavy atom. The molecule has 138 valence electrons. The molecule has 0 radical (unpaired) electrons. The second-order valence-corrected chi connectivity index (χ2v) is 8.45. The molecule has 0 unspecified atom stereocenters. The van der Waals surface area contributed by atoms with Gasteiger partial charge in [-0.2, -0.15) is 8.42 Å². The second kappa shape index (κ2) is 6.47. The smallest absolute Gasteiger partial charge is 0.298 e. The van der Waals surface area contributed by atoms with Gasteiger partial charge in [-0.15, -0.1) is 5.10 Å². The minimum absolute atomic E-state index is 0.0652. The fourth-order valence-corrected chi connectivity index (χ4v) is 4.08. The van der Waals surface area contributed by atoms with Crippen LogP contribution in [0.1, 0.15) is 29.2 Å². The molecule has 0 aliphatic heterocycles. The SMILES string of the molecule is O=Cc1ccc(S(=O)(=O)n2nc(-c3ccc(Cl)cc3)n(C3CC3)c2=O)cc1. The lowest BCUT2D eigenvalue weighted by Crippen LogP contribution is -2.30. The highest BCUT2D eigenvalue weighted by atomic mass is 35.5. The molecule has 1 saturated carbocycles. The van der Waals surface area contributed by atoms with Crippen molar-refractivity contribution in [2.24, 2.45) is 0 Å². The number of hydrogen-bond donors (Lipinski definition) is 0. The molecule has 9 heteroatoms. The fraction of sp³-hybridized carbons (Fsp3) is 0.167. The van der Waals surface area contributed by atoms with Crippen LogP contribution in [0.25, 0.3) is 11.4 Å². The monoisotopic (exact) mass is 403 g/mol. The number of aromatic nitrogens is 3. The number of benzene rings is 2. The quantitative estimate of drug-likeness (QED) is 0.611. The average molecular weight is 404 g/mol. The van der Waals surface area contributed by atoms with Crippen LogP contribution in [0.15, 0.2) is 58.2 Å². The number of aldehydes is 1. The molecule has 2 aromatic carbocycles. The van der Waals surface area contributed by atoms with E-state index in [0.717, 1.165) is 12.8 Å². The molecule has 27 heavy (non-hydrogen) atoms. The van der Waals surface area contributed by atoms with E-state index in [0.29, 0.717) is 26.5 Å². The summed E-state index contributed by atoms with van der Waals surface area (Å²) in [5, 5.41) is 4.66. The van der Waals surface area contributed by atoms with E-state index in [4.69, 9.17) is 11.6 Å². The summed E-state index contributed by atoms with van der Waals surface area (Å²) in [5.74, 6) is 0.284. The molecule has 1 aliphatic carbocycles. The predicted octanol–water partition coefficient (Wildman–Crippen LogP) is 2.75. The number of hydrogen-bond acceptors (Lipinski definition) is 5. The Kier molecular flexibility index (Phi) is 4.24. The molecule has 1 fully saturated rings. The van der Waals surface area contributed by atoms with Crippen LogP contribution in [0.3, 0.4) is 0 Å². The van der Waals surface area contributed by atoms with Gasteiger partial charge in [0.2, 0.25) is 0 Å². The molecule has 0 bridgehead atoms. The zero-order chi connectivity index (χ0) is 19.2. The van der Waals surface area contributed by atoms with Crippen molar-refractivity contribution < 1.29 is 13.2 Å². The maximum Gasteiger partial charge on any atom is 0.361 e. The van der Waals surface area contributed by atoms with Gasteiger partial charge in [-0.05, 0) is 49.2 Å². The van der Waals surface area contributed by atoms with Gasteiger partial charge in [0.05, 0.1) is 4.90 Å². The lowest BCUT2D eigenvalue weighted by molar-refractivity contribution is 0.112. The van der Waals surface area contributed by atoms with Crippen LogP contribution >= 0.6 is 11.6 Å². The normalized spacial score (nSPS) is 14.3. The van der Waals surface area contributed by atoms with Gasteiger partial charge >= 0.3 is 5.69 Å². The van der Waals surface area contributed by atoms with Crippen molar-refractivity contribution in [2.75, 3.05) is 0 Å². The summed E-state index contributed by atoms with van der Waals surface area (Å²) in [4.78, 5) is 23.5. The summed E-state index contributed by atoms with van der Waals surface area (Å²) in [6.07, 6.45) is 2.20. The number of carbonyl (C=O) groups excluding carboxylic acids is 1. The van der Waals surface area contributed by atoms with Crippen molar-refractivity contribution >= 4 is 27.9 Å². The molecule has 4 rings (SSSR count). The van der Waals surface area contributed by atoms with Gasteiger partial charge in [0.1, 0.15) is 6.29 Å². The number of nitrogens with zero attached hydrogens (tertiary/aromatic N) is 3. The van der Waals surface area contributed by atoms with E-state index < -0.39 is 15.7 Å². The molecule has 0 N–H and O–H groups in total. The van der Waals surface area contributed by atoms with E-state index in [9.17, 15) is 18.0 Å². The largest absolute Gasteiger partial charge is 0.361 e. The summed E-state index contributed by atoms with van der Waals surface area (Å²) in [6.45, 7) is 0. The van der Waals surface area contributed by atoms with E-state index >= 15 is 0 Å². The van der Waals surface area contributed by atoms with E-state index in [2.05, 4.69) is 5.10 Å². The molecule has 0 atom stereocenters. The van der Waals surface area contributed by atoms with E-state index in [1.165, 1.54) is 28.8 Å². The molecule has 0 spiro atoms. The Balaban J connectivity index is 1.88. The minimum atomic E-state index is -4.19. The van der Waals surface area contributed by atoms with Crippen LogP contribution in [0.2, 0.25) is 5.02 Å². The van der Waals surface area contributed by atoms with Crippen LogP contribution in [-0.2, 0) is 10.0 Å². The molecule has 1 heterocycles. The zero-order valence-electron chi connectivity index (χ0n) is 13.9. The summed E-state index contributed by atoms with van der Waals surface area (Å²) in [6, 6.07) is 12.0. The number of carbonyl (C=O) groups is 1. The lowest BCUT2D eigenvalue weighted by Gasteiger charge is -2.03. The lowest BCUT2D eigenvalue weighted by atomic mass is 10.2. The third-order valence-electron chi connectivity index (χ3n) is 4.34. The minimum Gasteiger partial charge on any atom is -0.298 e. The van der Waals surface area contributed by atoms with Gasteiger partial charge in [-0.25, -0.2) is 4.79 Å². The molecule has 7 nitrogen and oxygen atoms in total. The molecule has 0 amide bonds. The average Bonchev–Trinajstić information content (AvgIpc) is 3.44. The summed E-state index contributed by atoms with van der Waals surface area (Å²) in [7, 11) is -4.19. The Labute approximate surface area is 159 Å². The molecule has 3 aromatic rings. The van der Waals surface area contributed by atoms with Crippen molar-refractivity contribution in [1.82, 2.24) is 13.8 Å². The Bertz CT molecular complexity index is 1170. The first-order valence-corrected chi connectivity index (χ1v) is 10.0. The number of rotatable bonds is 5. The maximum absolute atomic E-state index is 12.9. The highest BCUT2D eigenvalue weighted by Gasteiger charge is 2.33. The summed E-state index contributed by atoms with van der Waals surface area (Å²) in [5.41, 5.74) is 0.238. The van der Waals surface area contributed by atoms with Crippen molar-refractivity contribution in [2.45, 2.75) is 23.8 Å². The Morgan fingerprint density at radius 2 is 1.67 bits per heavy atom. The first kappa shape index (κ1) is 17.7. The molecule has 1 aromatic heterocycles. The van der Waals surface area contributed by atoms with E-state index in [1.54, 1.807) is 24.3 Å². The second-order valence-electron chi connectivity index (χ2n) is 6.25. The third-order valence-corrected chi connectivity index (χ3v) is 6.15. The Hall–Kier alpha value is -2.71. The molecule has 0 saturated heterocycles. The van der Waals surface area contributed by atoms with E-state index in [-0.39, 0.29) is 16.8 Å². The predicted molar refractivity (Wildman–Crippen MR) is 99.6 cm³/mol. The van der Waals surface area contributed by atoms with Crippen molar-refractivity contribution in [3.8, 4) is 11.4 Å². The van der Waals surface area contributed by atoms with Gasteiger partial charge < -0.3 is 0 Å². The van der Waals surface area contributed by atoms with Gasteiger partial charge in [-0.3, -0.25) is 9.36 Å². The maximum atomic E-state index is 12.9. The van der Waals surface area contributed by atoms with Crippen molar-refractivity contribution in [3.05, 3.63) is 69.6 Å². The van der Waals surface area contributed by atoms with Crippen LogP contribution in [0.4, 0.5) is 0 Å². The molecular formula is C18H14ClN3O4S. The van der Waals surface area contributed by atoms with Gasteiger partial charge in [-0.1, -0.05) is 27.8 Å². The highest BCUT2D eigenvalue weighted by Crippen LogP contribution is 2.36. The molecule has 1 aliphatic rings. The molecular weight excluding hydrogens is 390 g/mol. The van der Waals surface area contributed by atoms with Crippen LogP contribution < -0.4 is 5.69 Å². The topological polar surface area (TPSA) is 91.0 Å². The first-order valence-electron chi connectivity index (χ1n) is 8.20. The van der Waals surface area contributed by atoms with Gasteiger partial charge in [0, 0.05) is 22.2 Å². The third kappa shape index (κ3) is 3.11. The van der Waals surface area contributed by atoms with Crippen LogP contribution in [0, 0.1) is 0 Å². The van der Waals surface area contributed by atoms with E-state index in [1.807, 2.05) is 0 Å². The van der Waals surface area contributed by atoms with Crippen LogP contribution in [-0.4, -0.2) is 28.5 Å². The Morgan fingerprint density at radius 3 is 2.22 bits per heavy atom. The summed E-state index contributed by atoms with van der Waals surface area (Å²) >= 11 is 5.91. The zero-order valence-corrected chi connectivity index (χ0v) is 15.5. The van der Waals surface area contributed by atoms with Crippen LogP contribution in [0.5, 0.6) is 0 Å². The van der Waals surface area contributed by atoms with Gasteiger partial charge in [0.15, 0.2) is 5.82 Å². The summed E-state index contributed by atoms with van der Waals surface area (Å²) < 4.78 is 27.8.